The molecule has 1 N–H and O–H groups in total. The second kappa shape index (κ2) is 7.63. The van der Waals surface area contributed by atoms with E-state index in [2.05, 4.69) is 9.82 Å². The zero-order chi connectivity index (χ0) is 11.0. The molecule has 4 nitrogen and oxygen atoms in total. The van der Waals surface area contributed by atoms with Crippen molar-refractivity contribution in [1.82, 2.24) is 5.09 Å². The van der Waals surface area contributed by atoms with Crippen LogP contribution in [0.5, 0.6) is 0 Å². The Balaban J connectivity index is 3.63. The zero-order valence-electron chi connectivity index (χ0n) is 8.61. The van der Waals surface area contributed by atoms with Crippen molar-refractivity contribution in [3.05, 3.63) is 0 Å². The first-order valence-electron chi connectivity index (χ1n) is 4.11. The Morgan fingerprint density at radius 3 is 2.43 bits per heavy atom. The minimum atomic E-state index is -2.32. The summed E-state index contributed by atoms with van der Waals surface area (Å²) in [6.07, 6.45) is 4.64. The van der Waals surface area contributed by atoms with E-state index in [0.29, 0.717) is 19.4 Å². The fourth-order valence-electron chi connectivity index (χ4n) is 0.754. The van der Waals surface area contributed by atoms with Gasteiger partial charge >= 0.3 is 5.97 Å². The molecule has 0 aliphatic carbocycles. The third-order valence-corrected chi connectivity index (χ3v) is 9.49. The Bertz CT molecular complexity index is 217. The third-order valence-electron chi connectivity index (χ3n) is 1.57. The quantitative estimate of drug-likeness (QED) is 0.429. The van der Waals surface area contributed by atoms with Crippen LogP contribution in [-0.4, -0.2) is 32.1 Å². The van der Waals surface area contributed by atoms with Crippen LogP contribution in [0.2, 0.25) is 0 Å². The minimum Gasteiger partial charge on any atom is -0.469 e. The van der Waals surface area contributed by atoms with E-state index in [1.807, 2.05) is 12.5 Å². The van der Waals surface area contributed by atoms with Crippen LogP contribution in [0.25, 0.3) is 0 Å². The number of carbonyl (C=O) groups excluding carboxylic acids is 1. The number of methoxy groups -OCH3 is 1. The fourth-order valence-corrected chi connectivity index (χ4v) is 4.70. The predicted molar refractivity (Wildman–Crippen MR) is 63.9 cm³/mol. The van der Waals surface area contributed by atoms with Gasteiger partial charge in [0.15, 0.2) is 0 Å². The van der Waals surface area contributed by atoms with Crippen molar-refractivity contribution in [2.45, 2.75) is 12.8 Å². The van der Waals surface area contributed by atoms with Gasteiger partial charge in [-0.05, 0) is 18.9 Å². The summed E-state index contributed by atoms with van der Waals surface area (Å²) in [5.74, 6) is -0.227. The lowest BCUT2D eigenvalue weighted by molar-refractivity contribution is -0.140. The molecule has 14 heavy (non-hydrogen) atoms. The molecular weight excluding hydrogens is 241 g/mol. The summed E-state index contributed by atoms with van der Waals surface area (Å²) in [6, 6.07) is 0. The van der Waals surface area contributed by atoms with Crippen molar-refractivity contribution in [3.63, 3.8) is 0 Å². The van der Waals surface area contributed by atoms with E-state index in [-0.39, 0.29) is 5.97 Å². The Kier molecular flexibility index (Phi) is 7.82. The van der Waals surface area contributed by atoms with E-state index >= 15 is 0 Å². The maximum absolute atomic E-state index is 11.8. The highest BCUT2D eigenvalue weighted by molar-refractivity contribution is 8.89. The molecule has 0 heterocycles. The average Bonchev–Trinajstić information content (AvgIpc) is 2.23. The van der Waals surface area contributed by atoms with E-state index in [9.17, 15) is 9.36 Å². The molecule has 84 valence electrons. The van der Waals surface area contributed by atoms with Gasteiger partial charge in [-0.3, -0.25) is 14.4 Å². The number of carbonyl (C=O) groups is 1. The molecule has 0 aromatic carbocycles. The smallest absolute Gasteiger partial charge is 0.305 e. The van der Waals surface area contributed by atoms with Gasteiger partial charge < -0.3 is 4.74 Å². The van der Waals surface area contributed by atoms with Gasteiger partial charge in [-0.1, -0.05) is 22.8 Å². The second-order valence-corrected chi connectivity index (χ2v) is 10.5. The number of esters is 1. The summed E-state index contributed by atoms with van der Waals surface area (Å²) >= 11 is 2.66. The molecule has 0 aliphatic heterocycles. The maximum atomic E-state index is 11.8. The van der Waals surface area contributed by atoms with E-state index in [1.165, 1.54) is 29.9 Å². The third kappa shape index (κ3) is 5.96. The lowest BCUT2D eigenvalue weighted by atomic mass is 10.3. The highest BCUT2D eigenvalue weighted by atomic mass is 33.1. The van der Waals surface area contributed by atoms with Crippen LogP contribution >= 0.6 is 28.5 Å². The van der Waals surface area contributed by atoms with Crippen molar-refractivity contribution < 1.29 is 14.1 Å². The van der Waals surface area contributed by atoms with Gasteiger partial charge in [0, 0.05) is 13.0 Å². The van der Waals surface area contributed by atoms with Crippen molar-refractivity contribution in [2.75, 3.05) is 26.2 Å². The Morgan fingerprint density at radius 2 is 2.00 bits per heavy atom. The normalized spacial score (nSPS) is 11.4. The van der Waals surface area contributed by atoms with Gasteiger partial charge in [-0.25, -0.2) is 0 Å². The van der Waals surface area contributed by atoms with Crippen molar-refractivity contribution in [1.29, 1.82) is 0 Å². The fraction of sp³-hybridized carbons (Fsp3) is 0.857. The van der Waals surface area contributed by atoms with Crippen LogP contribution in [0.15, 0.2) is 0 Å². The Morgan fingerprint density at radius 1 is 1.43 bits per heavy atom. The van der Waals surface area contributed by atoms with Gasteiger partial charge in [0.2, 0.25) is 0 Å². The molecule has 0 radical (unpaired) electrons. The van der Waals surface area contributed by atoms with Crippen molar-refractivity contribution >= 4 is 34.4 Å². The molecule has 7 heteroatoms. The predicted octanol–water partition coefficient (Wildman–Crippen LogP) is 2.36. The van der Waals surface area contributed by atoms with Crippen molar-refractivity contribution in [2.24, 2.45) is 0 Å². The lowest BCUT2D eigenvalue weighted by Crippen LogP contribution is -2.11. The van der Waals surface area contributed by atoms with E-state index in [1.54, 1.807) is 0 Å². The largest absolute Gasteiger partial charge is 0.469 e. The molecule has 0 bridgehead atoms. The van der Waals surface area contributed by atoms with Gasteiger partial charge in [0.1, 0.15) is 0 Å². The molecule has 0 saturated heterocycles. The molecule has 0 atom stereocenters. The molecule has 0 amide bonds. The molecule has 0 saturated carbocycles. The van der Waals surface area contributed by atoms with Crippen LogP contribution in [0.3, 0.4) is 0 Å². The van der Waals surface area contributed by atoms with E-state index in [0.717, 1.165) is 0 Å². The van der Waals surface area contributed by atoms with E-state index in [4.69, 9.17) is 0 Å². The molecule has 0 aromatic rings. The summed E-state index contributed by atoms with van der Waals surface area (Å²) in [6.45, 7) is 0.577. The summed E-state index contributed by atoms with van der Waals surface area (Å²) in [7, 11) is 1.37. The molecule has 0 rings (SSSR count). The van der Waals surface area contributed by atoms with Crippen LogP contribution in [0, 0.1) is 0 Å². The zero-order valence-corrected chi connectivity index (χ0v) is 11.1. The molecule has 0 fully saturated rings. The van der Waals surface area contributed by atoms with Crippen LogP contribution in [0.1, 0.15) is 12.8 Å². The molecule has 0 spiro atoms. The molecule has 0 unspecified atom stereocenters. The SMILES string of the molecule is COC(=O)CCCNP(=O)(SC)SC. The number of hydrogen-bond acceptors (Lipinski definition) is 5. The average molecular weight is 257 g/mol. The standard InChI is InChI=1S/C7H16NO3PS2/c1-11-7(9)5-4-6-8-12(10,13-2)14-3/h4-6H2,1-3H3,(H,8,10). The molecular formula is C7H16NO3PS2. The monoisotopic (exact) mass is 257 g/mol. The summed E-state index contributed by atoms with van der Waals surface area (Å²) in [5.41, 5.74) is -2.32. The van der Waals surface area contributed by atoms with E-state index < -0.39 is 5.70 Å². The van der Waals surface area contributed by atoms with Crippen LogP contribution in [0.4, 0.5) is 0 Å². The molecule has 0 aromatic heterocycles. The summed E-state index contributed by atoms with van der Waals surface area (Å²) in [4.78, 5) is 10.7. The Hall–Kier alpha value is 0.360. The summed E-state index contributed by atoms with van der Waals surface area (Å²) in [5, 5.41) is 2.95. The first kappa shape index (κ1) is 14.4. The van der Waals surface area contributed by atoms with Gasteiger partial charge in [0.25, 0.3) is 5.70 Å². The second-order valence-electron chi connectivity index (χ2n) is 2.45. The topological polar surface area (TPSA) is 55.4 Å². The summed E-state index contributed by atoms with van der Waals surface area (Å²) < 4.78 is 16.3. The first-order chi connectivity index (χ1) is 6.58. The first-order valence-corrected chi connectivity index (χ1v) is 9.48. The van der Waals surface area contributed by atoms with Crippen LogP contribution < -0.4 is 5.09 Å². The highest BCUT2D eigenvalue weighted by Crippen LogP contribution is 2.63. The van der Waals surface area contributed by atoms with Gasteiger partial charge in [-0.15, -0.1) is 0 Å². The number of rotatable bonds is 7. The number of hydrogen-bond donors (Lipinski definition) is 1. The van der Waals surface area contributed by atoms with Crippen LogP contribution in [-0.2, 0) is 14.1 Å². The van der Waals surface area contributed by atoms with Gasteiger partial charge in [0.05, 0.1) is 7.11 Å². The van der Waals surface area contributed by atoms with Gasteiger partial charge in [-0.2, -0.15) is 0 Å². The van der Waals surface area contributed by atoms with Crippen molar-refractivity contribution in [3.8, 4) is 0 Å². The lowest BCUT2D eigenvalue weighted by Gasteiger charge is -2.13. The molecule has 0 aliphatic rings. The Labute approximate surface area is 92.8 Å². The minimum absolute atomic E-state index is 0.227. The maximum Gasteiger partial charge on any atom is 0.305 e. The highest BCUT2D eigenvalue weighted by Gasteiger charge is 2.17. The number of nitrogens with one attached hydrogen (secondary N) is 1. The number of ether oxygens (including phenoxy) is 1.